The minimum atomic E-state index is -0.257. The molecule has 24 heavy (non-hydrogen) atoms. The average Bonchev–Trinajstić information content (AvgIpc) is 2.86. The van der Waals surface area contributed by atoms with E-state index in [2.05, 4.69) is 15.5 Å². The predicted molar refractivity (Wildman–Crippen MR) is 99.8 cm³/mol. The van der Waals surface area contributed by atoms with Crippen LogP contribution in [0.4, 0.5) is 11.4 Å². The Hall–Kier alpha value is -2.51. The van der Waals surface area contributed by atoms with Crippen LogP contribution in [0, 0.1) is 6.92 Å². The van der Waals surface area contributed by atoms with Crippen molar-refractivity contribution in [3.8, 4) is 5.75 Å². The Kier molecular flexibility index (Phi) is 4.73. The Bertz CT molecular complexity index is 891. The lowest BCUT2D eigenvalue weighted by atomic mass is 10.1. The minimum Gasteiger partial charge on any atom is -0.507 e. The number of thioether (sulfide) groups is 1. The number of hydrogen-bond acceptors (Lipinski definition) is 6. The summed E-state index contributed by atoms with van der Waals surface area (Å²) in [4.78, 5) is 12.1. The molecule has 0 atom stereocenters. The summed E-state index contributed by atoms with van der Waals surface area (Å²) < 4.78 is 0.411. The first-order valence-electron chi connectivity index (χ1n) is 7.08. The molecule has 2 N–H and O–H groups in total. The second-order valence-corrected chi connectivity index (χ2v) is 6.80. The highest BCUT2D eigenvalue weighted by Crippen LogP contribution is 2.31. The topological polar surface area (TPSA) is 74.0 Å². The van der Waals surface area contributed by atoms with Gasteiger partial charge in [0.05, 0.1) is 16.3 Å². The van der Waals surface area contributed by atoms with Crippen LogP contribution in [0.1, 0.15) is 11.1 Å². The maximum atomic E-state index is 11.7. The van der Waals surface area contributed by atoms with Crippen molar-refractivity contribution in [1.82, 2.24) is 5.32 Å². The fraction of sp³-hybridized carbons (Fsp3) is 0.0588. The third-order valence-corrected chi connectivity index (χ3v) is 4.49. The average molecular weight is 355 g/mol. The minimum absolute atomic E-state index is 0.0231. The summed E-state index contributed by atoms with van der Waals surface area (Å²) in [5, 5.41) is 21.0. The van der Waals surface area contributed by atoms with Crippen molar-refractivity contribution in [2.24, 2.45) is 10.2 Å². The van der Waals surface area contributed by atoms with E-state index in [1.54, 1.807) is 18.2 Å². The largest absolute Gasteiger partial charge is 0.507 e. The molecule has 1 aliphatic rings. The van der Waals surface area contributed by atoms with Crippen molar-refractivity contribution in [3.63, 3.8) is 0 Å². The van der Waals surface area contributed by atoms with Crippen LogP contribution in [-0.2, 0) is 4.79 Å². The molecule has 1 amide bonds. The first-order chi connectivity index (χ1) is 11.5. The quantitative estimate of drug-likeness (QED) is 0.479. The number of amides is 1. The van der Waals surface area contributed by atoms with Gasteiger partial charge < -0.3 is 10.4 Å². The smallest absolute Gasteiger partial charge is 0.263 e. The molecule has 0 unspecified atom stereocenters. The van der Waals surface area contributed by atoms with E-state index in [0.29, 0.717) is 20.5 Å². The normalized spacial score (nSPS) is 16.1. The number of aromatic hydroxyl groups is 1. The number of carbonyl (C=O) groups is 1. The van der Waals surface area contributed by atoms with Crippen LogP contribution in [0.3, 0.4) is 0 Å². The summed E-state index contributed by atoms with van der Waals surface area (Å²) in [6.45, 7) is 1.95. The van der Waals surface area contributed by atoms with E-state index < -0.39 is 0 Å². The Morgan fingerprint density at radius 1 is 1.21 bits per heavy atom. The third-order valence-electron chi connectivity index (χ3n) is 3.33. The number of phenols is 1. The molecule has 0 radical (unpaired) electrons. The zero-order valence-corrected chi connectivity index (χ0v) is 14.3. The standard InChI is InChI=1S/C17H13N3O2S2/c1-10-4-2-3-5-13(10)20-19-12-7-6-11(14(21)9-12)8-15-16(22)18-17(23)24-15/h2-9,21H,1H3,(H,18,22,23)/b15-8-,20-19?. The van der Waals surface area contributed by atoms with E-state index in [4.69, 9.17) is 12.2 Å². The first-order valence-corrected chi connectivity index (χ1v) is 8.30. The van der Waals surface area contributed by atoms with Crippen molar-refractivity contribution in [1.29, 1.82) is 0 Å². The van der Waals surface area contributed by atoms with E-state index in [1.165, 1.54) is 17.8 Å². The van der Waals surface area contributed by atoms with Crippen LogP contribution in [0.15, 0.2) is 57.6 Å². The van der Waals surface area contributed by atoms with Gasteiger partial charge in [0, 0.05) is 11.6 Å². The summed E-state index contributed by atoms with van der Waals surface area (Å²) in [6.07, 6.45) is 1.59. The highest BCUT2D eigenvalue weighted by Gasteiger charge is 2.22. The maximum absolute atomic E-state index is 11.7. The fourth-order valence-electron chi connectivity index (χ4n) is 2.07. The van der Waals surface area contributed by atoms with Gasteiger partial charge in [-0.2, -0.15) is 10.2 Å². The van der Waals surface area contributed by atoms with Crippen molar-refractivity contribution in [3.05, 3.63) is 58.5 Å². The van der Waals surface area contributed by atoms with Gasteiger partial charge in [0.1, 0.15) is 10.1 Å². The number of azo groups is 1. The molecular weight excluding hydrogens is 342 g/mol. The Balaban J connectivity index is 1.83. The van der Waals surface area contributed by atoms with Crippen molar-refractivity contribution in [2.75, 3.05) is 0 Å². The molecule has 1 heterocycles. The molecular formula is C17H13N3O2S2. The molecule has 1 fully saturated rings. The Morgan fingerprint density at radius 3 is 2.67 bits per heavy atom. The molecule has 1 saturated heterocycles. The zero-order valence-electron chi connectivity index (χ0n) is 12.7. The molecule has 0 spiro atoms. The summed E-state index contributed by atoms with van der Waals surface area (Å²) >= 11 is 6.10. The summed E-state index contributed by atoms with van der Waals surface area (Å²) in [7, 11) is 0. The van der Waals surface area contributed by atoms with Gasteiger partial charge in [0.15, 0.2) is 0 Å². The molecule has 0 bridgehead atoms. The number of aryl methyl sites for hydroxylation is 1. The molecule has 0 aliphatic carbocycles. The SMILES string of the molecule is Cc1ccccc1N=Nc1ccc(/C=C2\SC(=S)NC2=O)c(O)c1. The Morgan fingerprint density at radius 2 is 2.00 bits per heavy atom. The van der Waals surface area contributed by atoms with Crippen molar-refractivity contribution < 1.29 is 9.90 Å². The summed E-state index contributed by atoms with van der Waals surface area (Å²) in [6, 6.07) is 12.6. The molecule has 5 nitrogen and oxygen atoms in total. The van der Waals surface area contributed by atoms with Crippen LogP contribution in [0.25, 0.3) is 6.08 Å². The van der Waals surface area contributed by atoms with E-state index in [0.717, 1.165) is 11.3 Å². The second-order valence-electron chi connectivity index (χ2n) is 5.08. The van der Waals surface area contributed by atoms with Gasteiger partial charge in [-0.05, 0) is 36.8 Å². The van der Waals surface area contributed by atoms with Crippen LogP contribution in [0.2, 0.25) is 0 Å². The third kappa shape index (κ3) is 3.69. The summed E-state index contributed by atoms with van der Waals surface area (Å²) in [5.41, 5.74) is 2.84. The highest BCUT2D eigenvalue weighted by molar-refractivity contribution is 8.26. The Labute approximate surface area is 148 Å². The lowest BCUT2D eigenvalue weighted by Gasteiger charge is -2.02. The van der Waals surface area contributed by atoms with Crippen molar-refractivity contribution >= 4 is 51.7 Å². The molecule has 1 aliphatic heterocycles. The number of benzene rings is 2. The number of phenolic OH excluding ortho intramolecular Hbond substituents is 1. The van der Waals surface area contributed by atoms with Gasteiger partial charge in [0.25, 0.3) is 5.91 Å². The molecule has 3 rings (SSSR count). The van der Waals surface area contributed by atoms with Crippen LogP contribution < -0.4 is 5.32 Å². The molecule has 0 saturated carbocycles. The molecule has 2 aromatic rings. The lowest BCUT2D eigenvalue weighted by molar-refractivity contribution is -0.115. The second kappa shape index (κ2) is 6.94. The van der Waals surface area contributed by atoms with E-state index in [9.17, 15) is 9.90 Å². The molecule has 7 heteroatoms. The summed E-state index contributed by atoms with van der Waals surface area (Å²) in [5.74, 6) is -0.234. The highest BCUT2D eigenvalue weighted by atomic mass is 32.2. The van der Waals surface area contributed by atoms with E-state index in [-0.39, 0.29) is 11.7 Å². The van der Waals surface area contributed by atoms with Gasteiger partial charge in [-0.25, -0.2) is 0 Å². The van der Waals surface area contributed by atoms with Gasteiger partial charge in [-0.15, -0.1) is 0 Å². The van der Waals surface area contributed by atoms with Gasteiger partial charge in [0.2, 0.25) is 0 Å². The monoisotopic (exact) mass is 355 g/mol. The van der Waals surface area contributed by atoms with E-state index >= 15 is 0 Å². The number of nitrogens with zero attached hydrogens (tertiary/aromatic N) is 2. The fourth-order valence-corrected chi connectivity index (χ4v) is 3.10. The zero-order chi connectivity index (χ0) is 17.1. The maximum Gasteiger partial charge on any atom is 0.263 e. The lowest BCUT2D eigenvalue weighted by Crippen LogP contribution is -2.17. The van der Waals surface area contributed by atoms with Crippen molar-refractivity contribution in [2.45, 2.75) is 6.92 Å². The molecule has 2 aromatic carbocycles. The van der Waals surface area contributed by atoms with Gasteiger partial charge in [-0.1, -0.05) is 42.2 Å². The van der Waals surface area contributed by atoms with Crippen LogP contribution in [0.5, 0.6) is 5.75 Å². The van der Waals surface area contributed by atoms with Crippen LogP contribution in [-0.4, -0.2) is 15.3 Å². The molecule has 120 valence electrons. The number of rotatable bonds is 3. The number of hydrogen-bond donors (Lipinski definition) is 2. The van der Waals surface area contributed by atoms with Crippen LogP contribution >= 0.6 is 24.0 Å². The van der Waals surface area contributed by atoms with Gasteiger partial charge >= 0.3 is 0 Å². The van der Waals surface area contributed by atoms with E-state index in [1.807, 2.05) is 31.2 Å². The molecule has 0 aromatic heterocycles. The first kappa shape index (κ1) is 16.4. The van der Waals surface area contributed by atoms with Gasteiger partial charge in [-0.3, -0.25) is 4.79 Å². The number of nitrogens with one attached hydrogen (secondary N) is 1. The predicted octanol–water partition coefficient (Wildman–Crippen LogP) is 4.60. The number of carbonyl (C=O) groups excluding carboxylic acids is 1. The number of thiocarbonyl (C=S) groups is 1.